The zero-order valence-electron chi connectivity index (χ0n) is 9.39. The molecule has 6 heteroatoms. The number of nitrogens with one attached hydrogen (secondary N) is 1. The maximum Gasteiger partial charge on any atom is 0.273 e. The second-order valence-corrected chi connectivity index (χ2v) is 4.09. The van der Waals surface area contributed by atoms with Crippen molar-refractivity contribution >= 4 is 17.1 Å². The highest BCUT2D eigenvalue weighted by atomic mass is 16.6. The second kappa shape index (κ2) is 5.01. The van der Waals surface area contributed by atoms with Crippen LogP contribution in [-0.4, -0.2) is 24.2 Å². The molecule has 2 rings (SSSR count). The first-order chi connectivity index (χ1) is 8.15. The van der Waals surface area contributed by atoms with E-state index < -0.39 is 4.92 Å². The Morgan fingerprint density at radius 2 is 2.35 bits per heavy atom. The summed E-state index contributed by atoms with van der Waals surface area (Å²) < 4.78 is 5.45. The van der Waals surface area contributed by atoms with Gasteiger partial charge in [0.05, 0.1) is 11.0 Å². The highest BCUT2D eigenvalue weighted by molar-refractivity contribution is 5.61. The molecule has 1 aliphatic rings. The van der Waals surface area contributed by atoms with Crippen molar-refractivity contribution in [2.24, 2.45) is 0 Å². The Morgan fingerprint density at radius 1 is 1.53 bits per heavy atom. The van der Waals surface area contributed by atoms with Gasteiger partial charge in [0.1, 0.15) is 0 Å². The van der Waals surface area contributed by atoms with Gasteiger partial charge >= 0.3 is 0 Å². The summed E-state index contributed by atoms with van der Waals surface area (Å²) in [7, 11) is 0. The number of hydrogen-bond donors (Lipinski definition) is 2. The van der Waals surface area contributed by atoms with Gasteiger partial charge in [0.2, 0.25) is 0 Å². The van der Waals surface area contributed by atoms with Crippen LogP contribution in [0.5, 0.6) is 0 Å². The van der Waals surface area contributed by atoms with Crippen LogP contribution in [0.2, 0.25) is 0 Å². The smallest absolute Gasteiger partial charge is 0.273 e. The number of rotatable bonds is 4. The van der Waals surface area contributed by atoms with E-state index in [1.54, 1.807) is 6.07 Å². The van der Waals surface area contributed by atoms with Crippen LogP contribution >= 0.6 is 0 Å². The normalized spacial score (nSPS) is 19.2. The molecule has 1 aromatic carbocycles. The molecule has 0 spiro atoms. The van der Waals surface area contributed by atoms with Crippen molar-refractivity contribution in [3.8, 4) is 0 Å². The molecule has 0 aromatic heterocycles. The van der Waals surface area contributed by atoms with E-state index in [1.807, 2.05) is 0 Å². The number of anilines is 2. The highest BCUT2D eigenvalue weighted by Crippen LogP contribution is 2.23. The number of nitrogen functional groups attached to an aromatic ring is 1. The molecule has 0 saturated carbocycles. The van der Waals surface area contributed by atoms with E-state index in [4.69, 9.17) is 10.5 Å². The molecule has 3 N–H and O–H groups in total. The van der Waals surface area contributed by atoms with E-state index in [-0.39, 0.29) is 11.8 Å². The third-order valence-electron chi connectivity index (χ3n) is 2.71. The van der Waals surface area contributed by atoms with Gasteiger partial charge in [-0.1, -0.05) is 0 Å². The molecule has 1 aromatic rings. The van der Waals surface area contributed by atoms with Gasteiger partial charge in [0.15, 0.2) is 0 Å². The Labute approximate surface area is 98.9 Å². The maximum absolute atomic E-state index is 10.7. The zero-order valence-corrected chi connectivity index (χ0v) is 9.39. The van der Waals surface area contributed by atoms with Crippen molar-refractivity contribution in [3.05, 3.63) is 28.3 Å². The Morgan fingerprint density at radius 3 is 3.00 bits per heavy atom. The van der Waals surface area contributed by atoms with Crippen LogP contribution in [0.15, 0.2) is 18.2 Å². The molecule has 17 heavy (non-hydrogen) atoms. The Bertz CT molecular complexity index is 416. The predicted molar refractivity (Wildman–Crippen MR) is 65.0 cm³/mol. The topological polar surface area (TPSA) is 90.4 Å². The predicted octanol–water partition coefficient (Wildman–Crippen LogP) is 1.77. The number of nitro groups is 1. The molecule has 1 aliphatic heterocycles. The third kappa shape index (κ3) is 3.07. The molecule has 0 bridgehead atoms. The van der Waals surface area contributed by atoms with Crippen molar-refractivity contribution in [2.75, 3.05) is 24.2 Å². The third-order valence-corrected chi connectivity index (χ3v) is 2.71. The number of non-ortho nitro benzene ring substituents is 1. The zero-order chi connectivity index (χ0) is 12.3. The van der Waals surface area contributed by atoms with Crippen LogP contribution in [0.1, 0.15) is 12.8 Å². The number of hydrogen-bond acceptors (Lipinski definition) is 5. The van der Waals surface area contributed by atoms with Crippen LogP contribution in [0.25, 0.3) is 0 Å². The fourth-order valence-electron chi connectivity index (χ4n) is 1.88. The summed E-state index contributed by atoms with van der Waals surface area (Å²) in [6.45, 7) is 1.45. The van der Waals surface area contributed by atoms with Gasteiger partial charge in [0.25, 0.3) is 5.69 Å². The average Bonchev–Trinajstić information content (AvgIpc) is 2.78. The lowest BCUT2D eigenvalue weighted by molar-refractivity contribution is -0.384. The minimum absolute atomic E-state index is 0.000148. The highest BCUT2D eigenvalue weighted by Gasteiger charge is 2.15. The monoisotopic (exact) mass is 237 g/mol. The largest absolute Gasteiger partial charge is 0.398 e. The number of nitrogens with two attached hydrogens (primary N) is 1. The first-order valence-corrected chi connectivity index (χ1v) is 5.55. The van der Waals surface area contributed by atoms with Crippen molar-refractivity contribution in [3.63, 3.8) is 0 Å². The summed E-state index contributed by atoms with van der Waals surface area (Å²) in [5, 5.41) is 13.8. The summed E-state index contributed by atoms with van der Waals surface area (Å²) in [4.78, 5) is 10.2. The van der Waals surface area contributed by atoms with Crippen LogP contribution in [0.3, 0.4) is 0 Å². The van der Waals surface area contributed by atoms with Crippen molar-refractivity contribution in [1.29, 1.82) is 0 Å². The average molecular weight is 237 g/mol. The number of nitro benzene ring substituents is 1. The fraction of sp³-hybridized carbons (Fsp3) is 0.455. The standard InChI is InChI=1S/C11H15N3O3/c12-8-4-9(6-10(5-8)14(15)16)13-7-11-2-1-3-17-11/h4-6,11,13H,1-3,7,12H2. The van der Waals surface area contributed by atoms with Crippen LogP contribution < -0.4 is 11.1 Å². The minimum atomic E-state index is -0.451. The fourth-order valence-corrected chi connectivity index (χ4v) is 1.88. The first kappa shape index (κ1) is 11.7. The quantitative estimate of drug-likeness (QED) is 0.473. The molecular formula is C11H15N3O3. The molecule has 0 radical (unpaired) electrons. The lowest BCUT2D eigenvalue weighted by Gasteiger charge is -2.12. The molecule has 6 nitrogen and oxygen atoms in total. The second-order valence-electron chi connectivity index (χ2n) is 4.09. The van der Waals surface area contributed by atoms with E-state index in [0.29, 0.717) is 17.9 Å². The van der Waals surface area contributed by atoms with E-state index in [9.17, 15) is 10.1 Å². The van der Waals surface area contributed by atoms with Crippen LogP contribution in [-0.2, 0) is 4.74 Å². The van der Waals surface area contributed by atoms with Crippen molar-refractivity contribution < 1.29 is 9.66 Å². The van der Waals surface area contributed by atoms with Gasteiger partial charge in [-0.3, -0.25) is 10.1 Å². The van der Waals surface area contributed by atoms with Gasteiger partial charge in [-0.25, -0.2) is 0 Å². The molecular weight excluding hydrogens is 222 g/mol. The Kier molecular flexibility index (Phi) is 3.43. The Hall–Kier alpha value is -1.82. The van der Waals surface area contributed by atoms with Gasteiger partial charge in [0, 0.05) is 36.7 Å². The number of benzene rings is 1. The summed E-state index contributed by atoms with van der Waals surface area (Å²) in [5.74, 6) is 0. The van der Waals surface area contributed by atoms with Crippen molar-refractivity contribution in [2.45, 2.75) is 18.9 Å². The maximum atomic E-state index is 10.7. The lowest BCUT2D eigenvalue weighted by Crippen LogP contribution is -2.18. The van der Waals surface area contributed by atoms with Crippen LogP contribution in [0, 0.1) is 10.1 Å². The molecule has 1 unspecified atom stereocenters. The number of nitrogens with zero attached hydrogens (tertiary/aromatic N) is 1. The molecule has 1 fully saturated rings. The van der Waals surface area contributed by atoms with E-state index in [2.05, 4.69) is 5.32 Å². The van der Waals surface area contributed by atoms with Crippen LogP contribution in [0.4, 0.5) is 17.1 Å². The Balaban J connectivity index is 2.01. The molecule has 1 heterocycles. The SMILES string of the molecule is Nc1cc(NCC2CCCO2)cc([N+](=O)[O-])c1. The van der Waals surface area contributed by atoms with Gasteiger partial charge in [-0.05, 0) is 18.9 Å². The summed E-state index contributed by atoms with van der Waals surface area (Å²) in [6, 6.07) is 4.50. The van der Waals surface area contributed by atoms with E-state index >= 15 is 0 Å². The molecule has 92 valence electrons. The van der Waals surface area contributed by atoms with Gasteiger partial charge in [-0.15, -0.1) is 0 Å². The number of ether oxygens (including phenoxy) is 1. The molecule has 1 atom stereocenters. The molecule has 0 amide bonds. The summed E-state index contributed by atoms with van der Waals surface area (Å²) >= 11 is 0. The first-order valence-electron chi connectivity index (χ1n) is 5.55. The minimum Gasteiger partial charge on any atom is -0.398 e. The summed E-state index contributed by atoms with van der Waals surface area (Å²) in [6.07, 6.45) is 2.29. The van der Waals surface area contributed by atoms with E-state index in [1.165, 1.54) is 12.1 Å². The van der Waals surface area contributed by atoms with Gasteiger partial charge < -0.3 is 15.8 Å². The summed E-state index contributed by atoms with van der Waals surface area (Å²) in [5.41, 5.74) is 6.65. The van der Waals surface area contributed by atoms with Gasteiger partial charge in [-0.2, -0.15) is 0 Å². The molecule has 1 saturated heterocycles. The lowest BCUT2D eigenvalue weighted by atomic mass is 10.2. The van der Waals surface area contributed by atoms with Crippen molar-refractivity contribution in [1.82, 2.24) is 0 Å². The molecule has 0 aliphatic carbocycles. The van der Waals surface area contributed by atoms with E-state index in [0.717, 1.165) is 19.4 Å².